The van der Waals surface area contributed by atoms with Crippen LogP contribution in [0.25, 0.3) is 0 Å². The quantitative estimate of drug-likeness (QED) is 0.349. The van der Waals surface area contributed by atoms with Crippen LogP contribution in [0.15, 0.2) is 52.3 Å². The molecule has 41 heavy (non-hydrogen) atoms. The van der Waals surface area contributed by atoms with Crippen LogP contribution in [0.5, 0.6) is 0 Å². The van der Waals surface area contributed by atoms with Gasteiger partial charge in [0.05, 0.1) is 22.5 Å². The largest absolute Gasteiger partial charge is 0.416 e. The van der Waals surface area contributed by atoms with E-state index in [2.05, 4.69) is 18.7 Å². The van der Waals surface area contributed by atoms with E-state index in [1.54, 1.807) is 13.2 Å². The summed E-state index contributed by atoms with van der Waals surface area (Å²) in [6, 6.07) is 11.9. The summed E-state index contributed by atoms with van der Waals surface area (Å²) in [4.78, 5) is 20.5. The Morgan fingerprint density at radius 2 is 1.66 bits per heavy atom. The van der Waals surface area contributed by atoms with Crippen LogP contribution in [0, 0.1) is 5.92 Å². The Morgan fingerprint density at radius 3 is 2.24 bits per heavy atom. The van der Waals surface area contributed by atoms with E-state index in [-0.39, 0.29) is 18.1 Å². The Kier molecular flexibility index (Phi) is 12.0. The zero-order chi connectivity index (χ0) is 30.2. The molecule has 1 N–H and O–H groups in total. The highest BCUT2D eigenvalue weighted by Gasteiger charge is 2.33. The van der Waals surface area contributed by atoms with Gasteiger partial charge >= 0.3 is 6.18 Å². The van der Waals surface area contributed by atoms with Crippen molar-refractivity contribution in [3.63, 3.8) is 0 Å². The maximum Gasteiger partial charge on any atom is 0.416 e. The number of aliphatic hydroxyl groups is 1. The number of rotatable bonds is 9. The van der Waals surface area contributed by atoms with Gasteiger partial charge in [-0.3, -0.25) is 9.69 Å². The fourth-order valence-electron chi connectivity index (χ4n) is 4.77. The number of piperazine rings is 1. The predicted octanol–water partition coefficient (Wildman–Crippen LogP) is 6.68. The van der Waals surface area contributed by atoms with Gasteiger partial charge in [0.25, 0.3) is 0 Å². The number of hydrogen-bond donors (Lipinski definition) is 1. The number of carbonyl (C=O) groups excluding carboxylic acids is 1. The molecule has 0 unspecified atom stereocenters. The summed E-state index contributed by atoms with van der Waals surface area (Å²) in [6.07, 6.45) is -2.25. The molecular weight excluding hydrogens is 551 g/mol. The maximum absolute atomic E-state index is 13.4. The molecule has 0 aliphatic carbocycles. The zero-order valence-electron chi connectivity index (χ0n) is 24.8. The molecule has 0 bridgehead atoms. The van der Waals surface area contributed by atoms with E-state index in [0.717, 1.165) is 60.7 Å². The number of benzene rings is 2. The second kappa shape index (κ2) is 14.8. The third-order valence-corrected chi connectivity index (χ3v) is 8.51. The fourth-order valence-corrected chi connectivity index (χ4v) is 5.85. The van der Waals surface area contributed by atoms with E-state index in [1.165, 1.54) is 17.8 Å². The number of amides is 1. The summed E-state index contributed by atoms with van der Waals surface area (Å²) in [5, 5.41) is 8.45. The van der Waals surface area contributed by atoms with E-state index in [1.807, 2.05) is 47.9 Å². The summed E-state index contributed by atoms with van der Waals surface area (Å²) in [7, 11) is 1.65. The molecule has 10 heteroatoms. The van der Waals surface area contributed by atoms with Crippen molar-refractivity contribution in [2.45, 2.75) is 68.5 Å². The number of carbonyl (C=O) groups is 1. The van der Waals surface area contributed by atoms with Crippen LogP contribution in [0.3, 0.4) is 0 Å². The summed E-state index contributed by atoms with van der Waals surface area (Å²) in [6.45, 7) is 12.9. The van der Waals surface area contributed by atoms with Crippen LogP contribution in [0.4, 0.5) is 24.5 Å². The summed E-state index contributed by atoms with van der Waals surface area (Å²) < 4.78 is 45.1. The minimum atomic E-state index is -4.37. The molecule has 2 aromatic carbocycles. The standard InChI is InChI=1S/C25H30F3N3OS.C6H14O2/c1-18(2)16-24(32)30-14-12-29(13-15-30)10-5-11-31-20-6-3-4-7-22(20)33-23-9-8-19(17-21(23)31)25(26,27)28;1-6(2,8-3)4-5-7/h3-4,6-9,17-18H,5,10-16H2,1-2H3;7H,4-5H2,1-3H3. The summed E-state index contributed by atoms with van der Waals surface area (Å²) >= 11 is 1.52. The first kappa shape index (κ1) is 33.2. The Morgan fingerprint density at radius 1 is 1.00 bits per heavy atom. The minimum absolute atomic E-state index is 0.158. The number of methoxy groups -OCH3 is 1. The average Bonchev–Trinajstić information content (AvgIpc) is 2.92. The van der Waals surface area contributed by atoms with Crippen LogP contribution in [0.2, 0.25) is 0 Å². The number of fused-ring (bicyclic) bond motifs is 2. The lowest BCUT2D eigenvalue weighted by Gasteiger charge is -2.36. The predicted molar refractivity (Wildman–Crippen MR) is 159 cm³/mol. The second-order valence-corrected chi connectivity index (χ2v) is 12.6. The molecule has 6 nitrogen and oxygen atoms in total. The normalized spacial score (nSPS) is 15.8. The number of halogens is 3. The lowest BCUT2D eigenvalue weighted by atomic mass is 10.1. The molecule has 2 aromatic rings. The Balaban J connectivity index is 0.000000507. The van der Waals surface area contributed by atoms with Crippen molar-refractivity contribution in [3.8, 4) is 0 Å². The summed E-state index contributed by atoms with van der Waals surface area (Å²) in [5.74, 6) is 0.589. The van der Waals surface area contributed by atoms with Crippen molar-refractivity contribution in [2.24, 2.45) is 5.92 Å². The zero-order valence-corrected chi connectivity index (χ0v) is 25.7. The van der Waals surface area contributed by atoms with Crippen LogP contribution in [0.1, 0.15) is 52.5 Å². The van der Waals surface area contributed by atoms with Gasteiger partial charge in [-0.05, 0) is 69.5 Å². The van der Waals surface area contributed by atoms with Gasteiger partial charge in [-0.2, -0.15) is 13.2 Å². The van der Waals surface area contributed by atoms with Crippen LogP contribution in [-0.4, -0.2) is 79.4 Å². The molecule has 1 amide bonds. The first-order chi connectivity index (χ1) is 19.3. The lowest BCUT2D eigenvalue weighted by Crippen LogP contribution is -2.49. The Bertz CT molecular complexity index is 1140. The lowest BCUT2D eigenvalue weighted by molar-refractivity contribution is -0.137. The Hall–Kier alpha value is -2.27. The molecular formula is C31H44F3N3O3S. The van der Waals surface area contributed by atoms with Crippen LogP contribution in [-0.2, 0) is 15.7 Å². The highest BCUT2D eigenvalue weighted by molar-refractivity contribution is 7.99. The number of ether oxygens (including phenoxy) is 1. The van der Waals surface area contributed by atoms with E-state index in [4.69, 9.17) is 9.84 Å². The molecule has 0 aromatic heterocycles. The molecule has 2 aliphatic heterocycles. The van der Waals surface area contributed by atoms with Crippen molar-refractivity contribution < 1.29 is 27.8 Å². The van der Waals surface area contributed by atoms with Gasteiger partial charge in [0, 0.05) is 62.7 Å². The van der Waals surface area contributed by atoms with Crippen LogP contribution < -0.4 is 4.90 Å². The third-order valence-electron chi connectivity index (χ3n) is 7.38. The van der Waals surface area contributed by atoms with Gasteiger partial charge in [0.15, 0.2) is 0 Å². The van der Waals surface area contributed by atoms with E-state index >= 15 is 0 Å². The van der Waals surface area contributed by atoms with Crippen molar-refractivity contribution in [1.29, 1.82) is 0 Å². The van der Waals surface area contributed by atoms with Gasteiger partial charge in [-0.15, -0.1) is 0 Å². The SMILES string of the molecule is CC(C)CC(=O)N1CCN(CCCN2c3ccccc3Sc3ccc(C(F)(F)F)cc32)CC1.COC(C)(C)CCO. The number of aliphatic hydroxyl groups excluding tert-OH is 1. The second-order valence-electron chi connectivity index (χ2n) is 11.5. The molecule has 0 spiro atoms. The molecule has 228 valence electrons. The first-order valence-corrected chi connectivity index (χ1v) is 15.1. The molecule has 2 heterocycles. The van der Waals surface area contributed by atoms with Crippen molar-refractivity contribution >= 4 is 29.0 Å². The van der Waals surface area contributed by atoms with E-state index < -0.39 is 11.7 Å². The maximum atomic E-state index is 13.4. The Labute approximate surface area is 246 Å². The molecule has 1 saturated heterocycles. The molecule has 0 atom stereocenters. The first-order valence-electron chi connectivity index (χ1n) is 14.3. The van der Waals surface area contributed by atoms with Crippen molar-refractivity contribution in [1.82, 2.24) is 9.80 Å². The highest BCUT2D eigenvalue weighted by Crippen LogP contribution is 2.49. The third kappa shape index (κ3) is 9.63. The van der Waals surface area contributed by atoms with Gasteiger partial charge < -0.3 is 19.6 Å². The number of anilines is 2. The van der Waals surface area contributed by atoms with Gasteiger partial charge in [-0.25, -0.2) is 0 Å². The fraction of sp³-hybridized carbons (Fsp3) is 0.581. The summed E-state index contributed by atoms with van der Waals surface area (Å²) in [5.41, 5.74) is 0.804. The van der Waals surface area contributed by atoms with Gasteiger partial charge in [0.2, 0.25) is 5.91 Å². The number of alkyl halides is 3. The topological polar surface area (TPSA) is 56.3 Å². The molecule has 1 fully saturated rings. The molecule has 2 aliphatic rings. The number of nitrogens with zero attached hydrogens (tertiary/aromatic N) is 3. The smallest absolute Gasteiger partial charge is 0.396 e. The molecule has 0 saturated carbocycles. The van der Waals surface area contributed by atoms with Crippen molar-refractivity contribution in [3.05, 3.63) is 48.0 Å². The highest BCUT2D eigenvalue weighted by atomic mass is 32.2. The van der Waals surface area contributed by atoms with Gasteiger partial charge in [-0.1, -0.05) is 37.7 Å². The molecule has 4 rings (SSSR count). The van der Waals surface area contributed by atoms with Gasteiger partial charge in [0.1, 0.15) is 0 Å². The minimum Gasteiger partial charge on any atom is -0.396 e. The number of hydrogen-bond acceptors (Lipinski definition) is 6. The van der Waals surface area contributed by atoms with E-state index in [0.29, 0.717) is 31.0 Å². The average molecular weight is 596 g/mol. The number of para-hydroxylation sites is 1. The molecule has 0 radical (unpaired) electrons. The van der Waals surface area contributed by atoms with Crippen molar-refractivity contribution in [2.75, 3.05) is 57.9 Å². The monoisotopic (exact) mass is 595 g/mol. The van der Waals surface area contributed by atoms with E-state index in [9.17, 15) is 18.0 Å². The van der Waals surface area contributed by atoms with Crippen LogP contribution >= 0.6 is 11.8 Å².